The number of fused-ring (bicyclic) bond motifs is 3. The Morgan fingerprint density at radius 2 is 2.33 bits per heavy atom. The molecule has 3 rings (SSSR count). The highest BCUT2D eigenvalue weighted by atomic mass is 35.5. The Balaban J connectivity index is 2.30. The van der Waals surface area contributed by atoms with E-state index in [-0.39, 0.29) is 0 Å². The maximum atomic E-state index is 6.01. The molecule has 0 unspecified atom stereocenters. The molecular formula is C11H10ClN3. The summed E-state index contributed by atoms with van der Waals surface area (Å²) in [7, 11) is 2.07. The van der Waals surface area contributed by atoms with Crippen molar-refractivity contribution in [1.82, 2.24) is 10.2 Å². The third kappa shape index (κ3) is 1.23. The summed E-state index contributed by atoms with van der Waals surface area (Å²) in [6.07, 6.45) is 1.87. The first kappa shape index (κ1) is 8.80. The summed E-state index contributed by atoms with van der Waals surface area (Å²) in [5.41, 5.74) is 4.62. The number of nitrogens with one attached hydrogen (secondary N) is 1. The minimum absolute atomic E-state index is 0.754. The van der Waals surface area contributed by atoms with Crippen LogP contribution in [0.25, 0.3) is 11.3 Å². The molecule has 2 aromatic rings. The molecule has 0 radical (unpaired) electrons. The highest BCUT2D eigenvalue weighted by molar-refractivity contribution is 6.31. The van der Waals surface area contributed by atoms with Crippen LogP contribution < -0.4 is 4.90 Å². The molecule has 3 nitrogen and oxygen atoms in total. The van der Waals surface area contributed by atoms with Crippen LogP contribution in [0.1, 0.15) is 5.56 Å². The Kier molecular flexibility index (Phi) is 1.76. The predicted octanol–water partition coefficient (Wildman–Crippen LogP) is 2.68. The van der Waals surface area contributed by atoms with Gasteiger partial charge in [0, 0.05) is 35.4 Å². The molecule has 1 aliphatic rings. The van der Waals surface area contributed by atoms with Gasteiger partial charge in [-0.3, -0.25) is 5.10 Å². The fourth-order valence-electron chi connectivity index (χ4n) is 2.05. The number of hydrogen-bond acceptors (Lipinski definition) is 2. The van der Waals surface area contributed by atoms with Crippen LogP contribution in [0.3, 0.4) is 0 Å². The first-order valence-electron chi connectivity index (χ1n) is 4.79. The Labute approximate surface area is 92.7 Å². The quantitative estimate of drug-likeness (QED) is 0.739. The molecule has 0 saturated carbocycles. The average molecular weight is 220 g/mol. The van der Waals surface area contributed by atoms with Gasteiger partial charge in [0.2, 0.25) is 0 Å². The van der Waals surface area contributed by atoms with Gasteiger partial charge in [-0.05, 0) is 18.2 Å². The maximum absolute atomic E-state index is 6.01. The monoisotopic (exact) mass is 219 g/mol. The van der Waals surface area contributed by atoms with Crippen LogP contribution in [-0.4, -0.2) is 17.2 Å². The number of H-pyrrole nitrogens is 1. The number of anilines is 1. The van der Waals surface area contributed by atoms with Gasteiger partial charge in [0.15, 0.2) is 0 Å². The third-order valence-corrected chi connectivity index (χ3v) is 3.00. The Morgan fingerprint density at radius 3 is 3.20 bits per heavy atom. The highest BCUT2D eigenvalue weighted by Crippen LogP contribution is 2.38. The van der Waals surface area contributed by atoms with E-state index >= 15 is 0 Å². The number of nitrogens with zero attached hydrogens (tertiary/aromatic N) is 2. The Hall–Kier alpha value is -1.48. The third-order valence-electron chi connectivity index (χ3n) is 2.76. The summed E-state index contributed by atoms with van der Waals surface area (Å²) in [6, 6.07) is 5.93. The molecule has 1 aliphatic heterocycles. The van der Waals surface area contributed by atoms with Crippen molar-refractivity contribution in [3.63, 3.8) is 0 Å². The van der Waals surface area contributed by atoms with Crippen molar-refractivity contribution >= 4 is 17.3 Å². The number of rotatable bonds is 0. The topological polar surface area (TPSA) is 31.9 Å². The molecule has 4 heteroatoms. The summed E-state index contributed by atoms with van der Waals surface area (Å²) in [5, 5.41) is 7.85. The molecular weight excluding hydrogens is 210 g/mol. The average Bonchev–Trinajstić information content (AvgIpc) is 2.65. The molecule has 1 N–H and O–H groups in total. The molecule has 0 spiro atoms. The summed E-state index contributed by atoms with van der Waals surface area (Å²) < 4.78 is 0. The SMILES string of the molecule is CN1Cc2cn[nH]c2-c2cc(Cl)ccc21. The van der Waals surface area contributed by atoms with Gasteiger partial charge < -0.3 is 4.90 Å². The minimum atomic E-state index is 0.754. The number of benzene rings is 1. The summed E-state index contributed by atoms with van der Waals surface area (Å²) in [5.74, 6) is 0. The van der Waals surface area contributed by atoms with Crippen molar-refractivity contribution in [3.05, 3.63) is 35.0 Å². The molecule has 0 amide bonds. The number of halogens is 1. The highest BCUT2D eigenvalue weighted by Gasteiger charge is 2.21. The lowest BCUT2D eigenvalue weighted by atomic mass is 10.0. The second-order valence-corrected chi connectivity index (χ2v) is 4.22. The van der Waals surface area contributed by atoms with Gasteiger partial charge >= 0.3 is 0 Å². The normalized spacial score (nSPS) is 13.6. The lowest BCUT2D eigenvalue weighted by Gasteiger charge is -2.27. The summed E-state index contributed by atoms with van der Waals surface area (Å²) in [4.78, 5) is 2.20. The van der Waals surface area contributed by atoms with Crippen LogP contribution in [0, 0.1) is 0 Å². The van der Waals surface area contributed by atoms with Crippen LogP contribution in [0.15, 0.2) is 24.4 Å². The molecule has 0 aliphatic carbocycles. The summed E-state index contributed by atoms with van der Waals surface area (Å²) >= 11 is 6.01. The van der Waals surface area contributed by atoms with Crippen molar-refractivity contribution < 1.29 is 0 Å². The van der Waals surface area contributed by atoms with Gasteiger partial charge in [0.1, 0.15) is 0 Å². The first-order chi connectivity index (χ1) is 7.25. The van der Waals surface area contributed by atoms with E-state index in [9.17, 15) is 0 Å². The van der Waals surface area contributed by atoms with Crippen LogP contribution in [0.2, 0.25) is 5.02 Å². The van der Waals surface area contributed by atoms with Crippen molar-refractivity contribution in [2.45, 2.75) is 6.54 Å². The zero-order valence-electron chi connectivity index (χ0n) is 8.29. The molecule has 2 heterocycles. The van der Waals surface area contributed by atoms with Crippen molar-refractivity contribution in [2.24, 2.45) is 0 Å². The fraction of sp³-hybridized carbons (Fsp3) is 0.182. The van der Waals surface area contributed by atoms with Crippen molar-refractivity contribution in [3.8, 4) is 11.3 Å². The van der Waals surface area contributed by atoms with Gasteiger partial charge in [-0.2, -0.15) is 5.10 Å². The second kappa shape index (κ2) is 3.00. The van der Waals surface area contributed by atoms with E-state index in [4.69, 9.17) is 11.6 Å². The van der Waals surface area contributed by atoms with E-state index in [0.29, 0.717) is 0 Å². The molecule has 1 aromatic heterocycles. The molecule has 15 heavy (non-hydrogen) atoms. The number of hydrogen-bond donors (Lipinski definition) is 1. The van der Waals surface area contributed by atoms with Crippen molar-refractivity contribution in [2.75, 3.05) is 11.9 Å². The van der Waals surface area contributed by atoms with Gasteiger partial charge in [-0.1, -0.05) is 11.6 Å². The molecule has 0 saturated heterocycles. The van der Waals surface area contributed by atoms with E-state index in [1.807, 2.05) is 24.4 Å². The van der Waals surface area contributed by atoms with Crippen LogP contribution >= 0.6 is 11.6 Å². The number of aromatic amines is 1. The van der Waals surface area contributed by atoms with E-state index in [2.05, 4.69) is 22.1 Å². The van der Waals surface area contributed by atoms with E-state index in [1.165, 1.54) is 11.3 Å². The lowest BCUT2D eigenvalue weighted by molar-refractivity contribution is 0.911. The predicted molar refractivity (Wildman–Crippen MR) is 61.1 cm³/mol. The second-order valence-electron chi connectivity index (χ2n) is 3.79. The maximum Gasteiger partial charge on any atom is 0.0721 e. The zero-order valence-corrected chi connectivity index (χ0v) is 9.04. The first-order valence-corrected chi connectivity index (χ1v) is 5.17. The standard InChI is InChI=1S/C11H10ClN3/c1-15-6-7-5-13-14-11(7)9-4-8(12)2-3-10(9)15/h2-5H,6H2,1H3,(H,13,14). The molecule has 0 atom stereocenters. The number of aromatic nitrogens is 2. The zero-order chi connectivity index (χ0) is 10.4. The van der Waals surface area contributed by atoms with Gasteiger partial charge in [0.25, 0.3) is 0 Å². The van der Waals surface area contributed by atoms with E-state index in [0.717, 1.165) is 22.8 Å². The molecule has 1 aromatic carbocycles. The van der Waals surface area contributed by atoms with Gasteiger partial charge in [0.05, 0.1) is 11.9 Å². The summed E-state index contributed by atoms with van der Waals surface area (Å²) in [6.45, 7) is 0.889. The molecule has 76 valence electrons. The Morgan fingerprint density at radius 1 is 1.47 bits per heavy atom. The molecule has 0 fully saturated rings. The van der Waals surface area contributed by atoms with Crippen LogP contribution in [0.5, 0.6) is 0 Å². The fourth-order valence-corrected chi connectivity index (χ4v) is 2.22. The molecule has 0 bridgehead atoms. The van der Waals surface area contributed by atoms with Gasteiger partial charge in [-0.15, -0.1) is 0 Å². The van der Waals surface area contributed by atoms with E-state index in [1.54, 1.807) is 0 Å². The van der Waals surface area contributed by atoms with Crippen LogP contribution in [-0.2, 0) is 6.54 Å². The smallest absolute Gasteiger partial charge is 0.0721 e. The van der Waals surface area contributed by atoms with E-state index < -0.39 is 0 Å². The van der Waals surface area contributed by atoms with Crippen molar-refractivity contribution in [1.29, 1.82) is 0 Å². The van der Waals surface area contributed by atoms with Crippen LogP contribution in [0.4, 0.5) is 5.69 Å². The lowest BCUT2D eigenvalue weighted by Crippen LogP contribution is -2.20. The Bertz CT molecular complexity index is 518. The minimum Gasteiger partial charge on any atom is -0.370 e. The van der Waals surface area contributed by atoms with Gasteiger partial charge in [-0.25, -0.2) is 0 Å². The largest absolute Gasteiger partial charge is 0.370 e.